The Labute approximate surface area is 77.5 Å². The van der Waals surface area contributed by atoms with Gasteiger partial charge in [0, 0.05) is 12.8 Å². The van der Waals surface area contributed by atoms with Crippen molar-refractivity contribution in [1.82, 2.24) is 0 Å². The fraction of sp³-hybridized carbons (Fsp3) is 0.889. The summed E-state index contributed by atoms with van der Waals surface area (Å²) in [5.74, 6) is -0.357. The second kappa shape index (κ2) is 3.64. The van der Waals surface area contributed by atoms with Crippen LogP contribution in [0.3, 0.4) is 0 Å². The maximum Gasteiger partial charge on any atom is 0.169 e. The van der Waals surface area contributed by atoms with Gasteiger partial charge in [0.1, 0.15) is 6.10 Å². The summed E-state index contributed by atoms with van der Waals surface area (Å²) >= 11 is 0. The summed E-state index contributed by atoms with van der Waals surface area (Å²) in [6.45, 7) is 0.518. The van der Waals surface area contributed by atoms with Crippen molar-refractivity contribution in [2.45, 2.75) is 44.0 Å². The van der Waals surface area contributed by atoms with E-state index in [1.165, 1.54) is 25.5 Å². The van der Waals surface area contributed by atoms with E-state index in [1.54, 1.807) is 0 Å². The van der Waals surface area contributed by atoms with Crippen molar-refractivity contribution < 1.29 is 14.7 Å². The second-order valence-electron chi connectivity index (χ2n) is 3.70. The standard InChI is InChI=1S/C9H15NO3/c11-10-6-8-7-12-9(13-8)4-2-1-3-5-9/h6,8,11H,1-5,7H2/b10-6-/t8-/m0/s1. The number of rotatable bonds is 1. The highest BCUT2D eigenvalue weighted by Gasteiger charge is 2.41. The van der Waals surface area contributed by atoms with Crippen molar-refractivity contribution >= 4 is 6.21 Å². The molecule has 0 aromatic heterocycles. The first-order valence-electron chi connectivity index (χ1n) is 4.84. The van der Waals surface area contributed by atoms with Gasteiger partial charge >= 0.3 is 0 Å². The lowest BCUT2D eigenvalue weighted by Gasteiger charge is -2.31. The van der Waals surface area contributed by atoms with Crippen LogP contribution in [0, 0.1) is 0 Å². The highest BCUT2D eigenvalue weighted by atomic mass is 16.7. The molecular weight excluding hydrogens is 170 g/mol. The Morgan fingerprint density at radius 2 is 2.08 bits per heavy atom. The molecule has 0 aromatic rings. The molecule has 0 amide bonds. The number of nitrogens with zero attached hydrogens (tertiary/aromatic N) is 1. The molecule has 0 aromatic carbocycles. The molecule has 0 unspecified atom stereocenters. The molecule has 2 aliphatic rings. The Kier molecular flexibility index (Phi) is 2.51. The molecule has 1 N–H and O–H groups in total. The van der Waals surface area contributed by atoms with Crippen LogP contribution in [0.1, 0.15) is 32.1 Å². The minimum Gasteiger partial charge on any atom is -0.411 e. The van der Waals surface area contributed by atoms with Crippen molar-refractivity contribution in [2.24, 2.45) is 5.16 Å². The van der Waals surface area contributed by atoms with Crippen molar-refractivity contribution in [3.8, 4) is 0 Å². The predicted octanol–water partition coefficient (Wildman–Crippen LogP) is 1.52. The van der Waals surface area contributed by atoms with Gasteiger partial charge in [0.25, 0.3) is 0 Å². The summed E-state index contributed by atoms with van der Waals surface area (Å²) in [5, 5.41) is 11.3. The van der Waals surface area contributed by atoms with Gasteiger partial charge in [-0.3, -0.25) is 0 Å². The third kappa shape index (κ3) is 1.84. The van der Waals surface area contributed by atoms with Crippen LogP contribution in [0.15, 0.2) is 5.16 Å². The fourth-order valence-electron chi connectivity index (χ4n) is 2.08. The molecule has 2 fully saturated rings. The lowest BCUT2D eigenvalue weighted by Crippen LogP contribution is -2.33. The predicted molar refractivity (Wildman–Crippen MR) is 46.9 cm³/mol. The van der Waals surface area contributed by atoms with E-state index in [4.69, 9.17) is 14.7 Å². The number of hydrogen-bond acceptors (Lipinski definition) is 4. The van der Waals surface area contributed by atoms with Gasteiger partial charge in [-0.1, -0.05) is 11.6 Å². The summed E-state index contributed by atoms with van der Waals surface area (Å²) in [6.07, 6.45) is 6.79. The topological polar surface area (TPSA) is 51.1 Å². The van der Waals surface area contributed by atoms with E-state index >= 15 is 0 Å². The molecule has 1 saturated heterocycles. The summed E-state index contributed by atoms with van der Waals surface area (Å²) in [4.78, 5) is 0. The summed E-state index contributed by atoms with van der Waals surface area (Å²) in [6, 6.07) is 0. The van der Waals surface area contributed by atoms with Crippen LogP contribution >= 0.6 is 0 Å². The number of hydrogen-bond donors (Lipinski definition) is 1. The Morgan fingerprint density at radius 1 is 1.31 bits per heavy atom. The van der Waals surface area contributed by atoms with Crippen LogP contribution in [0.5, 0.6) is 0 Å². The quantitative estimate of drug-likeness (QED) is 0.383. The van der Waals surface area contributed by atoms with Gasteiger partial charge in [-0.05, 0) is 12.8 Å². The SMILES string of the molecule is O/N=C\[C@H]1COC2(CCCCC2)O1. The lowest BCUT2D eigenvalue weighted by atomic mass is 9.94. The average molecular weight is 185 g/mol. The smallest absolute Gasteiger partial charge is 0.169 e. The molecule has 1 aliphatic carbocycles. The first-order chi connectivity index (χ1) is 6.35. The van der Waals surface area contributed by atoms with Gasteiger partial charge in [0.05, 0.1) is 12.8 Å². The number of oxime groups is 1. The largest absolute Gasteiger partial charge is 0.411 e. The van der Waals surface area contributed by atoms with Gasteiger partial charge in [-0.2, -0.15) is 0 Å². The monoisotopic (exact) mass is 185 g/mol. The van der Waals surface area contributed by atoms with Gasteiger partial charge in [0.15, 0.2) is 5.79 Å². The van der Waals surface area contributed by atoms with Gasteiger partial charge in [0.2, 0.25) is 0 Å². The Bertz CT molecular complexity index is 199. The first-order valence-corrected chi connectivity index (χ1v) is 4.84. The van der Waals surface area contributed by atoms with Gasteiger partial charge < -0.3 is 14.7 Å². The highest BCUT2D eigenvalue weighted by Crippen LogP contribution is 2.37. The Balaban J connectivity index is 1.94. The van der Waals surface area contributed by atoms with Crippen LogP contribution in [0.2, 0.25) is 0 Å². The van der Waals surface area contributed by atoms with Crippen LogP contribution in [0.25, 0.3) is 0 Å². The Hall–Kier alpha value is -0.610. The third-order valence-corrected chi connectivity index (χ3v) is 2.73. The van der Waals surface area contributed by atoms with Gasteiger partial charge in [-0.25, -0.2) is 0 Å². The van der Waals surface area contributed by atoms with Crippen LogP contribution in [0.4, 0.5) is 0 Å². The highest BCUT2D eigenvalue weighted by molar-refractivity contribution is 5.62. The molecule has 1 spiro atoms. The molecular formula is C9H15NO3. The second-order valence-corrected chi connectivity index (χ2v) is 3.70. The van der Waals surface area contributed by atoms with E-state index in [9.17, 15) is 0 Å². The molecule has 13 heavy (non-hydrogen) atoms. The average Bonchev–Trinajstić information content (AvgIpc) is 2.51. The normalized spacial score (nSPS) is 33.1. The molecule has 4 heteroatoms. The maximum absolute atomic E-state index is 8.35. The zero-order chi connectivity index (χ0) is 9.15. The van der Waals surface area contributed by atoms with Crippen molar-refractivity contribution in [1.29, 1.82) is 0 Å². The van der Waals surface area contributed by atoms with E-state index < -0.39 is 0 Å². The van der Waals surface area contributed by atoms with Gasteiger partial charge in [-0.15, -0.1) is 0 Å². The van der Waals surface area contributed by atoms with E-state index in [0.29, 0.717) is 6.61 Å². The van der Waals surface area contributed by atoms with E-state index in [0.717, 1.165) is 12.8 Å². The summed E-state index contributed by atoms with van der Waals surface area (Å²) in [5.41, 5.74) is 0. The fourth-order valence-corrected chi connectivity index (χ4v) is 2.08. The minimum absolute atomic E-state index is 0.164. The molecule has 1 saturated carbocycles. The summed E-state index contributed by atoms with van der Waals surface area (Å²) in [7, 11) is 0. The molecule has 1 aliphatic heterocycles. The molecule has 74 valence electrons. The lowest BCUT2D eigenvalue weighted by molar-refractivity contribution is -0.181. The molecule has 1 heterocycles. The number of ether oxygens (including phenoxy) is 2. The summed E-state index contributed by atoms with van der Waals surface area (Å²) < 4.78 is 11.3. The Morgan fingerprint density at radius 3 is 2.77 bits per heavy atom. The van der Waals surface area contributed by atoms with E-state index in [2.05, 4.69) is 5.16 Å². The van der Waals surface area contributed by atoms with Crippen LogP contribution in [-0.2, 0) is 9.47 Å². The molecule has 0 bridgehead atoms. The first kappa shape index (κ1) is 8.97. The van der Waals surface area contributed by atoms with E-state index in [-0.39, 0.29) is 11.9 Å². The van der Waals surface area contributed by atoms with Crippen molar-refractivity contribution in [3.63, 3.8) is 0 Å². The maximum atomic E-state index is 8.35. The van der Waals surface area contributed by atoms with Crippen LogP contribution in [-0.4, -0.2) is 29.9 Å². The third-order valence-electron chi connectivity index (χ3n) is 2.73. The van der Waals surface area contributed by atoms with E-state index in [1.807, 2.05) is 0 Å². The molecule has 4 nitrogen and oxygen atoms in total. The van der Waals surface area contributed by atoms with Crippen molar-refractivity contribution in [3.05, 3.63) is 0 Å². The zero-order valence-electron chi connectivity index (χ0n) is 7.61. The van der Waals surface area contributed by atoms with Crippen molar-refractivity contribution in [2.75, 3.05) is 6.61 Å². The molecule has 0 radical (unpaired) electrons. The zero-order valence-corrected chi connectivity index (χ0v) is 7.61. The minimum atomic E-state index is -0.357. The molecule has 2 rings (SSSR count). The van der Waals surface area contributed by atoms with Crippen LogP contribution < -0.4 is 0 Å². The molecule has 1 atom stereocenters.